The van der Waals surface area contributed by atoms with Crippen LogP contribution in [0, 0.1) is 18.8 Å². The smallest absolute Gasteiger partial charge is 0.131 e. The minimum Gasteiger partial charge on any atom is -0.358 e. The van der Waals surface area contributed by atoms with Crippen molar-refractivity contribution in [2.75, 3.05) is 0 Å². The highest BCUT2D eigenvalue weighted by atomic mass is 15.0. The first-order valence-electron chi connectivity index (χ1n) is 6.78. The van der Waals surface area contributed by atoms with Crippen LogP contribution < -0.4 is 0 Å². The second-order valence-corrected chi connectivity index (χ2v) is 4.97. The van der Waals surface area contributed by atoms with Gasteiger partial charge < -0.3 is 9.55 Å². The molecule has 0 saturated carbocycles. The summed E-state index contributed by atoms with van der Waals surface area (Å²) in [6.45, 7) is 1.98. The second kappa shape index (κ2) is 5.26. The van der Waals surface area contributed by atoms with E-state index >= 15 is 0 Å². The first-order valence-corrected chi connectivity index (χ1v) is 6.78. The molecule has 2 aromatic heterocycles. The monoisotopic (exact) mass is 263 g/mol. The summed E-state index contributed by atoms with van der Waals surface area (Å²) >= 11 is 0. The zero-order chi connectivity index (χ0) is 13.9. The fraction of sp³-hybridized carbons (Fsp3) is 0.235. The predicted molar refractivity (Wildman–Crippen MR) is 81.4 cm³/mol. The fourth-order valence-electron chi connectivity index (χ4n) is 2.24. The molecule has 0 fully saturated rings. The van der Waals surface area contributed by atoms with Crippen LogP contribution in [0.3, 0.4) is 0 Å². The molecule has 20 heavy (non-hydrogen) atoms. The number of H-pyrrole nitrogens is 1. The van der Waals surface area contributed by atoms with Gasteiger partial charge in [0.1, 0.15) is 11.5 Å². The number of imidazole rings is 1. The predicted octanol–water partition coefficient (Wildman–Crippen LogP) is 3.19. The molecule has 1 N–H and O–H groups in total. The van der Waals surface area contributed by atoms with Crippen molar-refractivity contribution >= 4 is 10.9 Å². The number of fused-ring (bicyclic) bond motifs is 1. The standard InChI is InChI=1S/C17H17N3/c1-13-18-16(12-20(13)2)9-5-4-8-15-11-14-7-3-6-10-17(14)19-15/h3,6-7,10-12,19H,4,8H2,1-2H3. The van der Waals surface area contributed by atoms with Gasteiger partial charge in [-0.1, -0.05) is 24.1 Å². The van der Waals surface area contributed by atoms with Crippen molar-refractivity contribution in [2.45, 2.75) is 19.8 Å². The van der Waals surface area contributed by atoms with Gasteiger partial charge in [-0.05, 0) is 36.8 Å². The third-order valence-electron chi connectivity index (χ3n) is 3.43. The number of aryl methyl sites for hydroxylation is 3. The van der Waals surface area contributed by atoms with Crippen molar-refractivity contribution < 1.29 is 0 Å². The highest BCUT2D eigenvalue weighted by Crippen LogP contribution is 2.15. The number of aromatic nitrogens is 3. The molecule has 0 aliphatic rings. The second-order valence-electron chi connectivity index (χ2n) is 4.97. The van der Waals surface area contributed by atoms with E-state index in [9.17, 15) is 0 Å². The minimum atomic E-state index is 0.836. The van der Waals surface area contributed by atoms with Crippen LogP contribution in [0.25, 0.3) is 10.9 Å². The lowest BCUT2D eigenvalue weighted by Crippen LogP contribution is -1.86. The zero-order valence-electron chi connectivity index (χ0n) is 11.8. The van der Waals surface area contributed by atoms with Crippen LogP contribution in [0.5, 0.6) is 0 Å². The van der Waals surface area contributed by atoms with Gasteiger partial charge in [-0.2, -0.15) is 0 Å². The Kier molecular flexibility index (Phi) is 3.30. The highest BCUT2D eigenvalue weighted by Gasteiger charge is 1.99. The quantitative estimate of drug-likeness (QED) is 0.708. The number of hydrogen-bond acceptors (Lipinski definition) is 1. The summed E-state index contributed by atoms with van der Waals surface area (Å²) in [5.41, 5.74) is 3.27. The zero-order valence-corrected chi connectivity index (χ0v) is 11.8. The van der Waals surface area contributed by atoms with Crippen molar-refractivity contribution in [3.05, 3.63) is 53.7 Å². The molecule has 3 aromatic rings. The molecule has 0 bridgehead atoms. The number of para-hydroxylation sites is 1. The average molecular weight is 263 g/mol. The van der Waals surface area contributed by atoms with Crippen LogP contribution in [-0.2, 0) is 13.5 Å². The van der Waals surface area contributed by atoms with E-state index in [-0.39, 0.29) is 0 Å². The summed E-state index contributed by atoms with van der Waals surface area (Å²) in [6.07, 6.45) is 3.74. The minimum absolute atomic E-state index is 0.836. The van der Waals surface area contributed by atoms with Crippen molar-refractivity contribution in [3.8, 4) is 11.8 Å². The fourth-order valence-corrected chi connectivity index (χ4v) is 2.24. The largest absolute Gasteiger partial charge is 0.358 e. The number of benzene rings is 1. The highest BCUT2D eigenvalue weighted by molar-refractivity contribution is 5.80. The maximum atomic E-state index is 4.37. The molecular weight excluding hydrogens is 246 g/mol. The molecule has 0 saturated heterocycles. The van der Waals surface area contributed by atoms with E-state index in [0.29, 0.717) is 0 Å². The van der Waals surface area contributed by atoms with Gasteiger partial charge in [0, 0.05) is 30.9 Å². The maximum absolute atomic E-state index is 4.37. The van der Waals surface area contributed by atoms with E-state index in [2.05, 4.69) is 46.1 Å². The molecule has 3 rings (SSSR count). The van der Waals surface area contributed by atoms with Crippen LogP contribution in [-0.4, -0.2) is 14.5 Å². The Morgan fingerprint density at radius 3 is 2.90 bits per heavy atom. The Hall–Kier alpha value is -2.47. The molecule has 0 atom stereocenters. The third kappa shape index (κ3) is 2.60. The molecule has 2 heterocycles. The van der Waals surface area contributed by atoms with Crippen LogP contribution in [0.4, 0.5) is 0 Å². The summed E-state index contributed by atoms with van der Waals surface area (Å²) in [6, 6.07) is 10.5. The Morgan fingerprint density at radius 2 is 2.15 bits per heavy atom. The molecular formula is C17H17N3. The lowest BCUT2D eigenvalue weighted by atomic mass is 10.2. The van der Waals surface area contributed by atoms with Crippen LogP contribution in [0.15, 0.2) is 36.5 Å². The Balaban J connectivity index is 1.65. The SMILES string of the molecule is Cc1nc(C#CCCc2cc3ccccc3[nH]2)cn1C. The lowest BCUT2D eigenvalue weighted by Gasteiger charge is -1.89. The number of aromatic amines is 1. The summed E-state index contributed by atoms with van der Waals surface area (Å²) in [5, 5.41) is 1.26. The van der Waals surface area contributed by atoms with Crippen molar-refractivity contribution in [1.82, 2.24) is 14.5 Å². The van der Waals surface area contributed by atoms with E-state index in [4.69, 9.17) is 0 Å². The molecule has 0 amide bonds. The Morgan fingerprint density at radius 1 is 1.30 bits per heavy atom. The third-order valence-corrected chi connectivity index (χ3v) is 3.43. The summed E-state index contributed by atoms with van der Waals surface area (Å²) in [7, 11) is 1.98. The van der Waals surface area contributed by atoms with Crippen molar-refractivity contribution in [1.29, 1.82) is 0 Å². The van der Waals surface area contributed by atoms with Crippen LogP contribution in [0.1, 0.15) is 23.6 Å². The van der Waals surface area contributed by atoms with Gasteiger partial charge in [-0.15, -0.1) is 0 Å². The van der Waals surface area contributed by atoms with E-state index < -0.39 is 0 Å². The summed E-state index contributed by atoms with van der Waals surface area (Å²) in [5.74, 6) is 7.29. The topological polar surface area (TPSA) is 33.6 Å². The molecule has 0 spiro atoms. The number of nitrogens with one attached hydrogen (secondary N) is 1. The molecule has 0 radical (unpaired) electrons. The molecule has 100 valence electrons. The van der Waals surface area contributed by atoms with E-state index in [1.807, 2.05) is 30.8 Å². The molecule has 0 unspecified atom stereocenters. The van der Waals surface area contributed by atoms with E-state index in [1.165, 1.54) is 16.6 Å². The van der Waals surface area contributed by atoms with E-state index in [1.54, 1.807) is 0 Å². The number of rotatable bonds is 2. The Labute approximate surface area is 118 Å². The van der Waals surface area contributed by atoms with E-state index in [0.717, 1.165) is 24.4 Å². The van der Waals surface area contributed by atoms with Gasteiger partial charge in [0.05, 0.1) is 0 Å². The van der Waals surface area contributed by atoms with Gasteiger partial charge in [0.25, 0.3) is 0 Å². The first kappa shape index (κ1) is 12.6. The van der Waals surface area contributed by atoms with Gasteiger partial charge >= 0.3 is 0 Å². The normalized spacial score (nSPS) is 10.5. The molecule has 1 aromatic carbocycles. The van der Waals surface area contributed by atoms with Crippen molar-refractivity contribution in [3.63, 3.8) is 0 Å². The lowest BCUT2D eigenvalue weighted by molar-refractivity contribution is 0.858. The molecule has 3 heteroatoms. The first-order chi connectivity index (χ1) is 9.72. The van der Waals surface area contributed by atoms with Crippen LogP contribution >= 0.6 is 0 Å². The average Bonchev–Trinajstić information content (AvgIpc) is 2.98. The number of nitrogens with zero attached hydrogens (tertiary/aromatic N) is 2. The van der Waals surface area contributed by atoms with Gasteiger partial charge in [-0.25, -0.2) is 4.98 Å². The van der Waals surface area contributed by atoms with Gasteiger partial charge in [0.2, 0.25) is 0 Å². The van der Waals surface area contributed by atoms with Gasteiger partial charge in [0.15, 0.2) is 0 Å². The number of hydrogen-bond donors (Lipinski definition) is 1. The van der Waals surface area contributed by atoms with Crippen molar-refractivity contribution in [2.24, 2.45) is 7.05 Å². The van der Waals surface area contributed by atoms with Gasteiger partial charge in [-0.3, -0.25) is 0 Å². The Bertz CT molecular complexity index is 744. The molecule has 0 aliphatic heterocycles. The maximum Gasteiger partial charge on any atom is 0.131 e. The molecule has 0 aliphatic carbocycles. The summed E-state index contributed by atoms with van der Waals surface area (Å²) in [4.78, 5) is 7.79. The van der Waals surface area contributed by atoms with Crippen LogP contribution in [0.2, 0.25) is 0 Å². The molecule has 3 nitrogen and oxygen atoms in total. The summed E-state index contributed by atoms with van der Waals surface area (Å²) < 4.78 is 1.99.